The van der Waals surface area contributed by atoms with Gasteiger partial charge in [0.25, 0.3) is 0 Å². The van der Waals surface area contributed by atoms with E-state index in [4.69, 9.17) is 0 Å². The van der Waals surface area contributed by atoms with Crippen molar-refractivity contribution in [2.24, 2.45) is 0 Å². The number of benzene rings is 2. The van der Waals surface area contributed by atoms with Crippen LogP contribution in [0.2, 0.25) is 0 Å². The minimum atomic E-state index is -0.0900. The summed E-state index contributed by atoms with van der Waals surface area (Å²) < 4.78 is 0. The summed E-state index contributed by atoms with van der Waals surface area (Å²) in [4.78, 5) is 4.16. The average Bonchev–Trinajstić information content (AvgIpc) is 2.86. The van der Waals surface area contributed by atoms with Gasteiger partial charge in [-0.1, -0.05) is 60.7 Å². The topological polar surface area (TPSA) is 54.1 Å². The van der Waals surface area contributed by atoms with Crippen LogP contribution in [0.3, 0.4) is 0 Å². The van der Waals surface area contributed by atoms with Crippen LogP contribution >= 0.6 is 0 Å². The molecule has 0 spiro atoms. The third kappa shape index (κ3) is 6.25. The highest BCUT2D eigenvalue weighted by Gasteiger charge is 2.25. The van der Waals surface area contributed by atoms with E-state index in [2.05, 4.69) is 86.1 Å². The Labute approximate surface area is 193 Å². The lowest BCUT2D eigenvalue weighted by Gasteiger charge is -2.28. The van der Waals surface area contributed by atoms with Crippen LogP contribution in [0, 0.1) is 22.7 Å². The highest BCUT2D eigenvalue weighted by molar-refractivity contribution is 5.40. The normalized spacial score (nSPS) is 13.6. The van der Waals surface area contributed by atoms with E-state index in [1.165, 1.54) is 0 Å². The Hall–Kier alpha value is -3.50. The number of rotatable bonds is 11. The highest BCUT2D eigenvalue weighted by atomic mass is 15.1. The highest BCUT2D eigenvalue weighted by Crippen LogP contribution is 2.37. The fourth-order valence-electron chi connectivity index (χ4n) is 4.06. The van der Waals surface area contributed by atoms with E-state index in [9.17, 15) is 10.5 Å². The van der Waals surface area contributed by atoms with E-state index in [-0.39, 0.29) is 11.8 Å². The van der Waals surface area contributed by atoms with Gasteiger partial charge in [-0.3, -0.25) is 0 Å². The third-order valence-electron chi connectivity index (χ3n) is 5.87. The van der Waals surface area contributed by atoms with E-state index >= 15 is 0 Å². The molecule has 2 rings (SSSR count). The van der Waals surface area contributed by atoms with Gasteiger partial charge in [0.2, 0.25) is 0 Å². The summed E-state index contributed by atoms with van der Waals surface area (Å²) in [5.74, 6) is -0.180. The lowest BCUT2D eigenvalue weighted by atomic mass is 9.80. The van der Waals surface area contributed by atoms with Crippen LogP contribution in [-0.2, 0) is 0 Å². The molecule has 166 valence electrons. The molecule has 0 saturated heterocycles. The van der Waals surface area contributed by atoms with Crippen LogP contribution in [0.4, 0.5) is 0 Å². The van der Waals surface area contributed by atoms with Crippen molar-refractivity contribution in [2.75, 3.05) is 26.2 Å². The van der Waals surface area contributed by atoms with Gasteiger partial charge in [-0.2, -0.15) is 10.5 Å². The molecule has 0 saturated carbocycles. The minimum Gasteiger partial charge on any atom is -0.364 e. The molecule has 2 atom stereocenters. The summed E-state index contributed by atoms with van der Waals surface area (Å²) in [6, 6.07) is 25.4. The van der Waals surface area contributed by atoms with Gasteiger partial charge >= 0.3 is 0 Å². The van der Waals surface area contributed by atoms with Crippen molar-refractivity contribution in [3.63, 3.8) is 0 Å². The third-order valence-corrected chi connectivity index (χ3v) is 5.87. The molecule has 0 amide bonds. The molecule has 0 aliphatic carbocycles. The summed E-state index contributed by atoms with van der Waals surface area (Å²) in [5.41, 5.74) is 3.57. The minimum absolute atomic E-state index is 0.0900. The van der Waals surface area contributed by atoms with Crippen molar-refractivity contribution in [2.45, 2.75) is 39.5 Å². The van der Waals surface area contributed by atoms with E-state index in [1.807, 2.05) is 36.4 Å². The number of nitrogens with zero attached hydrogens (tertiary/aromatic N) is 4. The standard InChI is InChI=1S/C28H34N4/c1-5-31(6-2)25(21-29)19-27(23-15-11-9-12-16-23)28(24-17-13-10-14-18-24)20-26(22-30)32(7-3)8-4/h9-20,27-28H,5-8H2,1-4H3/b25-19+,26-20+. The predicted molar refractivity (Wildman–Crippen MR) is 132 cm³/mol. The predicted octanol–water partition coefficient (Wildman–Crippen LogP) is 6.05. The maximum absolute atomic E-state index is 9.96. The van der Waals surface area contributed by atoms with E-state index in [0.29, 0.717) is 11.4 Å². The van der Waals surface area contributed by atoms with E-state index < -0.39 is 0 Å². The van der Waals surface area contributed by atoms with Crippen molar-refractivity contribution in [1.82, 2.24) is 9.80 Å². The molecule has 0 aromatic heterocycles. The van der Waals surface area contributed by atoms with Crippen molar-refractivity contribution >= 4 is 0 Å². The molecule has 0 N–H and O–H groups in total. The van der Waals surface area contributed by atoms with Gasteiger partial charge in [0.05, 0.1) is 0 Å². The first-order valence-electron chi connectivity index (χ1n) is 11.5. The van der Waals surface area contributed by atoms with Crippen molar-refractivity contribution in [3.8, 4) is 12.1 Å². The van der Waals surface area contributed by atoms with Crippen LogP contribution in [0.5, 0.6) is 0 Å². The Morgan fingerprint density at radius 2 is 0.969 bits per heavy atom. The fraction of sp³-hybridized carbons (Fsp3) is 0.357. The molecule has 2 aromatic rings. The molecule has 0 radical (unpaired) electrons. The van der Waals surface area contributed by atoms with Gasteiger partial charge in [-0.25, -0.2) is 0 Å². The first-order chi connectivity index (χ1) is 15.6. The summed E-state index contributed by atoms with van der Waals surface area (Å²) in [5, 5.41) is 19.9. The second kappa shape index (κ2) is 13.0. The van der Waals surface area contributed by atoms with Gasteiger partial charge in [0.1, 0.15) is 23.5 Å². The molecule has 4 heteroatoms. The molecule has 0 fully saturated rings. The maximum Gasteiger partial charge on any atom is 0.117 e. The second-order valence-electron chi connectivity index (χ2n) is 7.54. The van der Waals surface area contributed by atoms with Gasteiger partial charge in [-0.05, 0) is 51.0 Å². The van der Waals surface area contributed by atoms with E-state index in [0.717, 1.165) is 37.3 Å². The smallest absolute Gasteiger partial charge is 0.117 e. The lowest BCUT2D eigenvalue weighted by Crippen LogP contribution is -2.24. The van der Waals surface area contributed by atoms with Crippen LogP contribution in [-0.4, -0.2) is 36.0 Å². The van der Waals surface area contributed by atoms with Gasteiger partial charge in [-0.15, -0.1) is 0 Å². The second-order valence-corrected chi connectivity index (χ2v) is 7.54. The van der Waals surface area contributed by atoms with Crippen LogP contribution < -0.4 is 0 Å². The SMILES string of the molecule is CCN(CC)/C(C#N)=C/C(c1ccccc1)C(/C=C(\C#N)N(CC)CC)c1ccccc1. The number of allylic oxidation sites excluding steroid dienone is 4. The number of nitriles is 2. The zero-order chi connectivity index (χ0) is 23.3. The molecule has 2 unspecified atom stereocenters. The molecule has 4 nitrogen and oxygen atoms in total. The summed E-state index contributed by atoms with van der Waals surface area (Å²) >= 11 is 0. The molecular weight excluding hydrogens is 392 g/mol. The maximum atomic E-state index is 9.96. The number of hydrogen-bond donors (Lipinski definition) is 0. The Morgan fingerprint density at radius 1 is 0.656 bits per heavy atom. The van der Waals surface area contributed by atoms with Gasteiger partial charge in [0.15, 0.2) is 0 Å². The van der Waals surface area contributed by atoms with Crippen LogP contribution in [0.25, 0.3) is 0 Å². The van der Waals surface area contributed by atoms with Crippen LogP contribution in [0.1, 0.15) is 50.7 Å². The molecule has 0 aliphatic heterocycles. The van der Waals surface area contributed by atoms with Crippen molar-refractivity contribution < 1.29 is 0 Å². The Balaban J connectivity index is 2.75. The molecule has 2 aromatic carbocycles. The van der Waals surface area contributed by atoms with Crippen LogP contribution in [0.15, 0.2) is 84.2 Å². The quantitative estimate of drug-likeness (QED) is 0.410. The van der Waals surface area contributed by atoms with Crippen molar-refractivity contribution in [1.29, 1.82) is 10.5 Å². The van der Waals surface area contributed by atoms with Crippen molar-refractivity contribution in [3.05, 3.63) is 95.3 Å². The molecule has 0 bridgehead atoms. The first kappa shape index (κ1) is 24.8. The Kier molecular flexibility index (Phi) is 10.1. The largest absolute Gasteiger partial charge is 0.364 e. The molecular formula is C28H34N4. The first-order valence-corrected chi connectivity index (χ1v) is 11.5. The lowest BCUT2D eigenvalue weighted by molar-refractivity contribution is 0.390. The summed E-state index contributed by atoms with van der Waals surface area (Å²) in [6.45, 7) is 11.3. The number of hydrogen-bond acceptors (Lipinski definition) is 4. The molecule has 0 aliphatic rings. The average molecular weight is 427 g/mol. The van der Waals surface area contributed by atoms with E-state index in [1.54, 1.807) is 0 Å². The zero-order valence-corrected chi connectivity index (χ0v) is 19.7. The Morgan fingerprint density at radius 3 is 1.22 bits per heavy atom. The Bertz CT molecular complexity index is 874. The zero-order valence-electron chi connectivity index (χ0n) is 19.7. The summed E-state index contributed by atoms with van der Waals surface area (Å²) in [6.07, 6.45) is 4.15. The molecule has 0 heterocycles. The van der Waals surface area contributed by atoms with Gasteiger partial charge in [0, 0.05) is 38.0 Å². The fourth-order valence-corrected chi connectivity index (χ4v) is 4.06. The summed E-state index contributed by atoms with van der Waals surface area (Å²) in [7, 11) is 0. The monoisotopic (exact) mass is 426 g/mol. The molecule has 32 heavy (non-hydrogen) atoms. The van der Waals surface area contributed by atoms with Gasteiger partial charge < -0.3 is 9.80 Å².